The minimum atomic E-state index is -4.41. The summed E-state index contributed by atoms with van der Waals surface area (Å²) in [4.78, 5) is 14.7. The van der Waals surface area contributed by atoms with Crippen LogP contribution in [-0.4, -0.2) is 17.1 Å². The van der Waals surface area contributed by atoms with Crippen LogP contribution >= 0.6 is 0 Å². The molecule has 0 spiro atoms. The number of alkyl halides is 3. The molecule has 0 aliphatic heterocycles. The fourth-order valence-electron chi connectivity index (χ4n) is 2.44. The number of nitrogens with zero attached hydrogens (tertiary/aromatic N) is 1. The van der Waals surface area contributed by atoms with Gasteiger partial charge in [-0.25, -0.2) is 9.37 Å². The van der Waals surface area contributed by atoms with Crippen LogP contribution in [0.5, 0.6) is 11.6 Å². The summed E-state index contributed by atoms with van der Waals surface area (Å²) >= 11 is 0. The highest BCUT2D eigenvalue weighted by molar-refractivity contribution is 5.92. The maximum atomic E-state index is 14.1. The highest BCUT2D eigenvalue weighted by atomic mass is 19.4. The third-order valence-electron chi connectivity index (χ3n) is 4.01. The second kappa shape index (κ2) is 5.47. The molecule has 3 rings (SSSR count). The van der Waals surface area contributed by atoms with E-state index in [0.29, 0.717) is 0 Å². The number of benzene rings is 1. The largest absolute Gasteiger partial charge is 0.436 e. The highest BCUT2D eigenvalue weighted by Crippen LogP contribution is 2.59. The second-order valence-electron chi connectivity index (χ2n) is 5.58. The molecule has 126 valence electrons. The summed E-state index contributed by atoms with van der Waals surface area (Å²) < 4.78 is 58.5. The average Bonchev–Trinajstić information content (AvgIpc) is 3.31. The monoisotopic (exact) mass is 340 g/mol. The lowest BCUT2D eigenvalue weighted by Gasteiger charge is -2.20. The standard InChI is InChI=1S/C16H12F4N2O2/c17-11-7-10(15(5-6-15)16(18,19)20)2-3-12(11)24-13-4-1-9(8-22-13)14(21)23/h1-4,7-8H,5-6H2,(H2,21,23). The molecule has 1 aliphatic carbocycles. The Balaban J connectivity index is 1.82. The molecule has 1 aromatic heterocycles. The fourth-order valence-corrected chi connectivity index (χ4v) is 2.44. The number of hydrogen-bond acceptors (Lipinski definition) is 3. The van der Waals surface area contributed by atoms with Crippen molar-refractivity contribution in [3.63, 3.8) is 0 Å². The number of primary amides is 1. The van der Waals surface area contributed by atoms with Crippen LogP contribution in [0.2, 0.25) is 0 Å². The molecule has 2 aromatic rings. The van der Waals surface area contributed by atoms with Crippen LogP contribution in [0.25, 0.3) is 0 Å². The number of hydrogen-bond donors (Lipinski definition) is 1. The quantitative estimate of drug-likeness (QED) is 0.863. The molecule has 0 saturated heterocycles. The molecule has 1 amide bonds. The summed E-state index contributed by atoms with van der Waals surface area (Å²) in [7, 11) is 0. The maximum absolute atomic E-state index is 14.1. The van der Waals surface area contributed by atoms with Crippen LogP contribution < -0.4 is 10.5 Å². The second-order valence-corrected chi connectivity index (χ2v) is 5.58. The number of pyridine rings is 1. The number of nitrogens with two attached hydrogens (primary N) is 1. The first-order valence-corrected chi connectivity index (χ1v) is 7.03. The summed E-state index contributed by atoms with van der Waals surface area (Å²) in [5.74, 6) is -1.85. The Morgan fingerprint density at radius 2 is 1.92 bits per heavy atom. The number of amides is 1. The molecule has 1 fully saturated rings. The van der Waals surface area contributed by atoms with Crippen molar-refractivity contribution in [2.45, 2.75) is 24.4 Å². The first-order chi connectivity index (χ1) is 11.2. The first kappa shape index (κ1) is 16.2. The van der Waals surface area contributed by atoms with Gasteiger partial charge in [-0.05, 0) is 36.6 Å². The lowest BCUT2D eigenvalue weighted by Crippen LogP contribution is -2.28. The molecule has 0 unspecified atom stereocenters. The van der Waals surface area contributed by atoms with E-state index in [0.717, 1.165) is 18.3 Å². The zero-order valence-electron chi connectivity index (χ0n) is 12.2. The summed E-state index contributed by atoms with van der Waals surface area (Å²) in [6, 6.07) is 5.84. The van der Waals surface area contributed by atoms with E-state index >= 15 is 0 Å². The molecule has 0 radical (unpaired) electrons. The topological polar surface area (TPSA) is 65.2 Å². The van der Waals surface area contributed by atoms with Gasteiger partial charge in [-0.1, -0.05) is 6.07 Å². The van der Waals surface area contributed by atoms with Crippen molar-refractivity contribution in [1.82, 2.24) is 4.98 Å². The van der Waals surface area contributed by atoms with E-state index in [1.54, 1.807) is 0 Å². The Labute approximate surface area is 134 Å². The van der Waals surface area contributed by atoms with E-state index in [9.17, 15) is 22.4 Å². The van der Waals surface area contributed by atoms with Crippen molar-refractivity contribution < 1.29 is 27.1 Å². The summed E-state index contributed by atoms with van der Waals surface area (Å²) in [6.07, 6.45) is -3.35. The number of halogens is 4. The molecular formula is C16H12F4N2O2. The molecule has 1 saturated carbocycles. The van der Waals surface area contributed by atoms with Crippen LogP contribution in [0, 0.1) is 5.82 Å². The number of carbonyl (C=O) groups excluding carboxylic acids is 1. The number of carbonyl (C=O) groups is 1. The predicted octanol–water partition coefficient (Wildman–Crippen LogP) is 3.71. The SMILES string of the molecule is NC(=O)c1ccc(Oc2ccc(C3(C(F)(F)F)CC3)cc2F)nc1. The molecule has 8 heteroatoms. The Kier molecular flexibility index (Phi) is 3.70. The van der Waals surface area contributed by atoms with Gasteiger partial charge in [-0.15, -0.1) is 0 Å². The van der Waals surface area contributed by atoms with Gasteiger partial charge in [0, 0.05) is 12.3 Å². The fraction of sp³-hybridized carbons (Fsp3) is 0.250. The van der Waals surface area contributed by atoms with E-state index in [1.165, 1.54) is 18.2 Å². The van der Waals surface area contributed by atoms with E-state index in [4.69, 9.17) is 10.5 Å². The van der Waals surface area contributed by atoms with Crippen LogP contribution in [0.3, 0.4) is 0 Å². The van der Waals surface area contributed by atoms with Gasteiger partial charge in [0.25, 0.3) is 0 Å². The van der Waals surface area contributed by atoms with Gasteiger partial charge >= 0.3 is 6.18 Å². The van der Waals surface area contributed by atoms with Crippen LogP contribution in [-0.2, 0) is 5.41 Å². The summed E-state index contributed by atoms with van der Waals surface area (Å²) in [5, 5.41) is 0. The Bertz CT molecular complexity index is 784. The highest BCUT2D eigenvalue weighted by Gasteiger charge is 2.64. The third-order valence-corrected chi connectivity index (χ3v) is 4.01. The van der Waals surface area contributed by atoms with Gasteiger partial charge in [0.05, 0.1) is 11.0 Å². The van der Waals surface area contributed by atoms with Crippen molar-refractivity contribution in [2.24, 2.45) is 5.73 Å². The van der Waals surface area contributed by atoms with Crippen molar-refractivity contribution in [3.8, 4) is 11.6 Å². The number of ether oxygens (including phenoxy) is 1. The average molecular weight is 340 g/mol. The predicted molar refractivity (Wildman–Crippen MR) is 76.2 cm³/mol. The Morgan fingerprint density at radius 3 is 2.38 bits per heavy atom. The van der Waals surface area contributed by atoms with Crippen molar-refractivity contribution in [2.75, 3.05) is 0 Å². The molecule has 1 aromatic carbocycles. The Morgan fingerprint density at radius 1 is 1.21 bits per heavy atom. The van der Waals surface area contributed by atoms with Crippen LogP contribution in [0.4, 0.5) is 17.6 Å². The minimum Gasteiger partial charge on any atom is -0.436 e. The van der Waals surface area contributed by atoms with E-state index in [1.807, 2.05) is 0 Å². The van der Waals surface area contributed by atoms with E-state index < -0.39 is 23.3 Å². The molecule has 1 heterocycles. The van der Waals surface area contributed by atoms with Crippen molar-refractivity contribution >= 4 is 5.91 Å². The first-order valence-electron chi connectivity index (χ1n) is 7.03. The molecule has 1 aliphatic rings. The summed E-state index contributed by atoms with van der Waals surface area (Å²) in [6.45, 7) is 0. The van der Waals surface area contributed by atoms with Crippen molar-refractivity contribution in [1.29, 1.82) is 0 Å². The lowest BCUT2D eigenvalue weighted by atomic mass is 9.95. The van der Waals surface area contributed by atoms with E-state index in [-0.39, 0.29) is 35.6 Å². The zero-order valence-corrected chi connectivity index (χ0v) is 12.2. The molecule has 2 N–H and O–H groups in total. The van der Waals surface area contributed by atoms with Gasteiger partial charge in [-0.2, -0.15) is 13.2 Å². The molecule has 4 nitrogen and oxygen atoms in total. The lowest BCUT2D eigenvalue weighted by molar-refractivity contribution is -0.160. The summed E-state index contributed by atoms with van der Waals surface area (Å²) in [5.41, 5.74) is 3.15. The van der Waals surface area contributed by atoms with Crippen LogP contribution in [0.1, 0.15) is 28.8 Å². The number of aromatic nitrogens is 1. The van der Waals surface area contributed by atoms with Crippen molar-refractivity contribution in [3.05, 3.63) is 53.5 Å². The van der Waals surface area contributed by atoms with Gasteiger partial charge in [0.2, 0.25) is 11.8 Å². The van der Waals surface area contributed by atoms with Gasteiger partial charge in [0.15, 0.2) is 11.6 Å². The van der Waals surface area contributed by atoms with Gasteiger partial charge in [-0.3, -0.25) is 4.79 Å². The smallest absolute Gasteiger partial charge is 0.398 e. The molecule has 0 atom stereocenters. The van der Waals surface area contributed by atoms with Gasteiger partial charge in [0.1, 0.15) is 0 Å². The molecule has 24 heavy (non-hydrogen) atoms. The van der Waals surface area contributed by atoms with Gasteiger partial charge < -0.3 is 10.5 Å². The molecule has 0 bridgehead atoms. The van der Waals surface area contributed by atoms with Crippen LogP contribution in [0.15, 0.2) is 36.5 Å². The third kappa shape index (κ3) is 2.79. The normalized spacial score (nSPS) is 15.8. The maximum Gasteiger partial charge on any atom is 0.398 e. The Hall–Kier alpha value is -2.64. The zero-order chi connectivity index (χ0) is 17.5. The molecular weight excluding hydrogens is 328 g/mol. The van der Waals surface area contributed by atoms with E-state index in [2.05, 4.69) is 4.98 Å². The minimum absolute atomic E-state index is 0.0105. The number of rotatable bonds is 4.